The SMILES string of the molecule is CC(OCCCSCCN)OCCNC(=O)CCN(C)CCC(=O)NCCOC(C)OCCCSCCN. The molecule has 0 aromatic heterocycles. The molecular weight excluding hydrogens is 530 g/mol. The van der Waals surface area contributed by atoms with E-state index >= 15 is 0 Å². The molecule has 2 atom stereocenters. The van der Waals surface area contributed by atoms with Crippen LogP contribution < -0.4 is 22.1 Å². The summed E-state index contributed by atoms with van der Waals surface area (Å²) in [6.45, 7) is 9.22. The molecule has 0 aliphatic rings. The normalized spacial score (nSPS) is 13.0. The van der Waals surface area contributed by atoms with Crippen molar-refractivity contribution in [1.29, 1.82) is 0 Å². The lowest BCUT2D eigenvalue weighted by atomic mass is 10.3. The molecule has 0 fully saturated rings. The standard InChI is InChI=1S/C25H53N5O6S2/c1-22(33-14-4-18-37-20-8-26)35-16-10-28-24(31)6-12-30(3)13-7-25(32)29-11-17-36-23(2)34-15-5-19-38-21-9-27/h22-23H,4-21,26-27H2,1-3H3,(H,28,31)(H,29,32). The topological polar surface area (TPSA) is 150 Å². The molecule has 226 valence electrons. The number of carbonyl (C=O) groups excluding carboxylic acids is 2. The summed E-state index contributed by atoms with van der Waals surface area (Å²) in [5.74, 6) is 3.91. The van der Waals surface area contributed by atoms with Crippen molar-refractivity contribution in [2.45, 2.75) is 52.1 Å². The van der Waals surface area contributed by atoms with Crippen LogP contribution in [0.1, 0.15) is 39.5 Å². The zero-order valence-corrected chi connectivity index (χ0v) is 25.4. The van der Waals surface area contributed by atoms with Gasteiger partial charge in [-0.1, -0.05) is 0 Å². The number of hydrogen-bond acceptors (Lipinski definition) is 11. The molecule has 2 unspecified atom stereocenters. The van der Waals surface area contributed by atoms with E-state index in [4.69, 9.17) is 30.4 Å². The van der Waals surface area contributed by atoms with E-state index in [0.717, 1.165) is 35.9 Å². The molecule has 0 saturated carbocycles. The van der Waals surface area contributed by atoms with Crippen molar-refractivity contribution in [3.05, 3.63) is 0 Å². The predicted octanol–water partition coefficient (Wildman–Crippen LogP) is 0.853. The van der Waals surface area contributed by atoms with Gasteiger partial charge in [-0.05, 0) is 45.2 Å². The Morgan fingerprint density at radius 1 is 0.711 bits per heavy atom. The number of carbonyl (C=O) groups is 2. The lowest BCUT2D eigenvalue weighted by molar-refractivity contribution is -0.133. The fourth-order valence-electron chi connectivity index (χ4n) is 2.99. The molecule has 0 saturated heterocycles. The van der Waals surface area contributed by atoms with Gasteiger partial charge in [0, 0.05) is 63.6 Å². The first-order valence-corrected chi connectivity index (χ1v) is 15.9. The third-order valence-electron chi connectivity index (χ3n) is 5.09. The summed E-state index contributed by atoms with van der Waals surface area (Å²) in [4.78, 5) is 26.0. The maximum absolute atomic E-state index is 12.0. The van der Waals surface area contributed by atoms with Gasteiger partial charge in [-0.15, -0.1) is 0 Å². The second-order valence-electron chi connectivity index (χ2n) is 8.63. The molecule has 0 spiro atoms. The molecule has 0 aromatic rings. The van der Waals surface area contributed by atoms with Gasteiger partial charge < -0.3 is 45.9 Å². The zero-order valence-electron chi connectivity index (χ0n) is 23.8. The molecule has 0 bridgehead atoms. The Morgan fingerprint density at radius 2 is 1.11 bits per heavy atom. The van der Waals surface area contributed by atoms with Gasteiger partial charge in [0.25, 0.3) is 0 Å². The highest BCUT2D eigenvalue weighted by atomic mass is 32.2. The maximum atomic E-state index is 12.0. The Kier molecular flexibility index (Phi) is 27.4. The molecule has 0 aromatic carbocycles. The van der Waals surface area contributed by atoms with Gasteiger partial charge in [0.1, 0.15) is 0 Å². The summed E-state index contributed by atoms with van der Waals surface area (Å²) < 4.78 is 22.3. The quantitative estimate of drug-likeness (QED) is 0.0767. The molecule has 11 nitrogen and oxygen atoms in total. The predicted molar refractivity (Wildman–Crippen MR) is 157 cm³/mol. The second-order valence-corrected chi connectivity index (χ2v) is 11.1. The summed E-state index contributed by atoms with van der Waals surface area (Å²) in [6.07, 6.45) is 2.05. The minimum atomic E-state index is -0.298. The highest BCUT2D eigenvalue weighted by Gasteiger charge is 2.08. The van der Waals surface area contributed by atoms with E-state index in [9.17, 15) is 9.59 Å². The number of rotatable bonds is 28. The molecule has 6 N–H and O–H groups in total. The van der Waals surface area contributed by atoms with E-state index in [1.807, 2.05) is 49.3 Å². The van der Waals surface area contributed by atoms with Gasteiger partial charge in [0.15, 0.2) is 12.6 Å². The van der Waals surface area contributed by atoms with E-state index < -0.39 is 0 Å². The van der Waals surface area contributed by atoms with Crippen LogP contribution in [0.2, 0.25) is 0 Å². The van der Waals surface area contributed by atoms with Crippen LogP contribution in [0, 0.1) is 0 Å². The van der Waals surface area contributed by atoms with Crippen molar-refractivity contribution >= 4 is 35.3 Å². The molecule has 0 heterocycles. The van der Waals surface area contributed by atoms with E-state index in [1.54, 1.807) is 0 Å². The highest BCUT2D eigenvalue weighted by molar-refractivity contribution is 7.99. The number of nitrogens with one attached hydrogen (secondary N) is 2. The molecule has 0 aliphatic heterocycles. The summed E-state index contributed by atoms with van der Waals surface area (Å²) in [5.41, 5.74) is 10.9. The van der Waals surface area contributed by atoms with Crippen LogP contribution in [0.25, 0.3) is 0 Å². The van der Waals surface area contributed by atoms with E-state index in [-0.39, 0.29) is 24.4 Å². The molecule has 0 aliphatic carbocycles. The smallest absolute Gasteiger partial charge is 0.221 e. The third kappa shape index (κ3) is 26.9. The summed E-state index contributed by atoms with van der Waals surface area (Å²) >= 11 is 3.64. The van der Waals surface area contributed by atoms with Crippen LogP contribution in [-0.2, 0) is 28.5 Å². The van der Waals surface area contributed by atoms with Crippen molar-refractivity contribution in [3.8, 4) is 0 Å². The van der Waals surface area contributed by atoms with E-state index in [1.165, 1.54) is 0 Å². The van der Waals surface area contributed by atoms with Crippen LogP contribution >= 0.6 is 23.5 Å². The number of amides is 2. The number of ether oxygens (including phenoxy) is 4. The van der Waals surface area contributed by atoms with Crippen molar-refractivity contribution in [2.24, 2.45) is 11.5 Å². The number of nitrogens with two attached hydrogens (primary N) is 2. The van der Waals surface area contributed by atoms with Crippen molar-refractivity contribution < 1.29 is 28.5 Å². The van der Waals surface area contributed by atoms with Gasteiger partial charge in [0.2, 0.25) is 11.8 Å². The number of thioether (sulfide) groups is 2. The average molecular weight is 584 g/mol. The Hall–Kier alpha value is -0.640. The first kappa shape index (κ1) is 37.4. The molecule has 0 rings (SSSR count). The van der Waals surface area contributed by atoms with Crippen LogP contribution in [0.4, 0.5) is 0 Å². The van der Waals surface area contributed by atoms with Crippen molar-refractivity contribution in [2.75, 3.05) is 95.8 Å². The van der Waals surface area contributed by atoms with Gasteiger partial charge in [-0.3, -0.25) is 9.59 Å². The lowest BCUT2D eigenvalue weighted by Gasteiger charge is -2.17. The molecule has 2 amide bonds. The van der Waals surface area contributed by atoms with Crippen molar-refractivity contribution in [3.63, 3.8) is 0 Å². The molecular formula is C25H53N5O6S2. The summed E-state index contributed by atoms with van der Waals surface area (Å²) in [6, 6.07) is 0. The first-order chi connectivity index (χ1) is 18.4. The van der Waals surface area contributed by atoms with E-state index in [2.05, 4.69) is 10.6 Å². The Balaban J connectivity index is 3.60. The van der Waals surface area contributed by atoms with Gasteiger partial charge >= 0.3 is 0 Å². The third-order valence-corrected chi connectivity index (χ3v) is 7.29. The Morgan fingerprint density at radius 3 is 1.50 bits per heavy atom. The Bertz CT molecular complexity index is 522. The second kappa shape index (κ2) is 27.9. The maximum Gasteiger partial charge on any atom is 0.221 e. The van der Waals surface area contributed by atoms with Crippen molar-refractivity contribution in [1.82, 2.24) is 15.5 Å². The molecule has 38 heavy (non-hydrogen) atoms. The summed E-state index contributed by atoms with van der Waals surface area (Å²) in [7, 11) is 1.90. The van der Waals surface area contributed by atoms with Gasteiger partial charge in [-0.2, -0.15) is 23.5 Å². The first-order valence-electron chi connectivity index (χ1n) is 13.6. The highest BCUT2D eigenvalue weighted by Crippen LogP contribution is 2.03. The van der Waals surface area contributed by atoms with E-state index in [0.29, 0.717) is 78.5 Å². The van der Waals surface area contributed by atoms with Crippen LogP contribution in [0.3, 0.4) is 0 Å². The zero-order chi connectivity index (χ0) is 28.3. The largest absolute Gasteiger partial charge is 0.354 e. The minimum Gasteiger partial charge on any atom is -0.354 e. The minimum absolute atomic E-state index is 0.0433. The molecule has 13 heteroatoms. The van der Waals surface area contributed by atoms with Crippen LogP contribution in [-0.4, -0.2) is 125 Å². The Labute approximate surface area is 238 Å². The average Bonchev–Trinajstić information content (AvgIpc) is 2.90. The fourth-order valence-corrected chi connectivity index (χ4v) is 4.38. The van der Waals surface area contributed by atoms with Crippen LogP contribution in [0.15, 0.2) is 0 Å². The number of nitrogens with zero attached hydrogens (tertiary/aromatic N) is 1. The lowest BCUT2D eigenvalue weighted by Crippen LogP contribution is -2.34. The monoisotopic (exact) mass is 583 g/mol. The number of hydrogen-bond donors (Lipinski definition) is 4. The molecule has 0 radical (unpaired) electrons. The van der Waals surface area contributed by atoms with Gasteiger partial charge in [0.05, 0.1) is 26.4 Å². The van der Waals surface area contributed by atoms with Gasteiger partial charge in [-0.25, -0.2) is 0 Å². The van der Waals surface area contributed by atoms with Crippen LogP contribution in [0.5, 0.6) is 0 Å². The fraction of sp³-hybridized carbons (Fsp3) is 0.920. The summed E-state index contributed by atoms with van der Waals surface area (Å²) in [5, 5.41) is 5.69.